The van der Waals surface area contributed by atoms with Gasteiger partial charge in [-0.15, -0.1) is 0 Å². The van der Waals surface area contributed by atoms with Gasteiger partial charge in [0.25, 0.3) is 0 Å². The highest BCUT2D eigenvalue weighted by Gasteiger charge is 2.00. The second kappa shape index (κ2) is 3.80. The largest absolute Gasteiger partial charge is 0.314 e. The molecule has 0 heterocycles. The van der Waals surface area contributed by atoms with E-state index in [9.17, 15) is 0 Å². The van der Waals surface area contributed by atoms with Crippen molar-refractivity contribution >= 4 is 0 Å². The standard InChI is InChI=1S/C4H14N4/c1-4(5)8(6-2)7-3/h4,6-7H,5H2,1-3H3. The molecule has 0 amide bonds. The predicted molar refractivity (Wildman–Crippen MR) is 33.6 cm³/mol. The van der Waals surface area contributed by atoms with Crippen molar-refractivity contribution in [2.45, 2.75) is 13.1 Å². The number of hydrogen-bond acceptors (Lipinski definition) is 4. The van der Waals surface area contributed by atoms with Crippen LogP contribution < -0.4 is 16.6 Å². The maximum absolute atomic E-state index is 5.46. The molecule has 50 valence electrons. The lowest BCUT2D eigenvalue weighted by Gasteiger charge is -2.22. The molecule has 0 aliphatic heterocycles. The van der Waals surface area contributed by atoms with Crippen LogP contribution in [0.25, 0.3) is 0 Å². The van der Waals surface area contributed by atoms with Gasteiger partial charge < -0.3 is 5.73 Å². The summed E-state index contributed by atoms with van der Waals surface area (Å²) in [6.07, 6.45) is -0.00926. The molecule has 4 N–H and O–H groups in total. The Kier molecular flexibility index (Phi) is 3.72. The van der Waals surface area contributed by atoms with E-state index in [1.165, 1.54) is 0 Å². The number of nitrogens with zero attached hydrogens (tertiary/aromatic N) is 1. The van der Waals surface area contributed by atoms with Crippen molar-refractivity contribution in [3.8, 4) is 0 Å². The summed E-state index contributed by atoms with van der Waals surface area (Å²) in [6, 6.07) is 0. The average Bonchev–Trinajstić information content (AvgIpc) is 1.69. The Hall–Kier alpha value is -0.160. The van der Waals surface area contributed by atoms with Gasteiger partial charge in [-0.2, -0.15) is 5.12 Å². The predicted octanol–water partition coefficient (Wildman–Crippen LogP) is -1.14. The summed E-state index contributed by atoms with van der Waals surface area (Å²) in [7, 11) is 3.61. The summed E-state index contributed by atoms with van der Waals surface area (Å²) in [5, 5.41) is 1.69. The molecule has 0 saturated heterocycles. The number of nitrogens with two attached hydrogens (primary N) is 1. The minimum atomic E-state index is -0.00926. The van der Waals surface area contributed by atoms with E-state index >= 15 is 0 Å². The minimum absolute atomic E-state index is 0.00926. The summed E-state index contributed by atoms with van der Waals surface area (Å²) in [5.74, 6) is 0. The molecule has 0 aromatic carbocycles. The zero-order chi connectivity index (χ0) is 6.57. The molecular formula is C4H14N4. The fourth-order valence-electron chi connectivity index (χ4n) is 0.519. The Morgan fingerprint density at radius 2 is 1.75 bits per heavy atom. The van der Waals surface area contributed by atoms with Crippen LogP contribution in [0, 0.1) is 0 Å². The van der Waals surface area contributed by atoms with E-state index in [4.69, 9.17) is 5.73 Å². The molecule has 0 aromatic heterocycles. The first-order chi connectivity index (χ1) is 3.72. The lowest BCUT2D eigenvalue weighted by molar-refractivity contribution is 0.0962. The molecule has 0 radical (unpaired) electrons. The van der Waals surface area contributed by atoms with E-state index in [2.05, 4.69) is 10.9 Å². The van der Waals surface area contributed by atoms with Crippen LogP contribution in [0.2, 0.25) is 0 Å². The number of hydrogen-bond donors (Lipinski definition) is 3. The molecule has 4 nitrogen and oxygen atoms in total. The van der Waals surface area contributed by atoms with Gasteiger partial charge in [0.15, 0.2) is 0 Å². The molecule has 0 aliphatic rings. The molecule has 1 atom stereocenters. The first kappa shape index (κ1) is 7.84. The van der Waals surface area contributed by atoms with E-state index in [-0.39, 0.29) is 6.17 Å². The van der Waals surface area contributed by atoms with E-state index < -0.39 is 0 Å². The molecule has 1 unspecified atom stereocenters. The molecular weight excluding hydrogens is 104 g/mol. The fraction of sp³-hybridized carbons (Fsp3) is 1.00. The van der Waals surface area contributed by atoms with Crippen molar-refractivity contribution in [1.29, 1.82) is 0 Å². The third-order valence-electron chi connectivity index (χ3n) is 0.889. The zero-order valence-electron chi connectivity index (χ0n) is 5.60. The lowest BCUT2D eigenvalue weighted by atomic mass is 10.6. The van der Waals surface area contributed by atoms with Gasteiger partial charge in [0, 0.05) is 14.1 Å². The van der Waals surface area contributed by atoms with Crippen molar-refractivity contribution in [1.82, 2.24) is 16.0 Å². The summed E-state index contributed by atoms with van der Waals surface area (Å²) in [5.41, 5.74) is 11.2. The number of hydrazine groups is 2. The Labute approximate surface area is 50.0 Å². The van der Waals surface area contributed by atoms with Crippen molar-refractivity contribution in [3.05, 3.63) is 0 Å². The first-order valence-corrected chi connectivity index (χ1v) is 2.62. The maximum Gasteiger partial charge on any atom is 0.0837 e. The molecule has 0 aromatic rings. The maximum atomic E-state index is 5.46. The molecule has 0 bridgehead atoms. The smallest absolute Gasteiger partial charge is 0.0837 e. The van der Waals surface area contributed by atoms with Gasteiger partial charge >= 0.3 is 0 Å². The summed E-state index contributed by atoms with van der Waals surface area (Å²) >= 11 is 0. The monoisotopic (exact) mass is 118 g/mol. The normalized spacial score (nSPS) is 14.6. The highest BCUT2D eigenvalue weighted by atomic mass is 15.7. The lowest BCUT2D eigenvalue weighted by Crippen LogP contribution is -2.53. The SMILES string of the molecule is CNN(NC)C(C)N. The van der Waals surface area contributed by atoms with Crippen LogP contribution in [0.15, 0.2) is 0 Å². The molecule has 0 spiro atoms. The van der Waals surface area contributed by atoms with E-state index in [0.717, 1.165) is 0 Å². The topological polar surface area (TPSA) is 53.3 Å². The van der Waals surface area contributed by atoms with Crippen LogP contribution in [0.3, 0.4) is 0 Å². The Morgan fingerprint density at radius 1 is 1.38 bits per heavy atom. The fourth-order valence-corrected chi connectivity index (χ4v) is 0.519. The van der Waals surface area contributed by atoms with E-state index in [1.807, 2.05) is 6.92 Å². The second-order valence-electron chi connectivity index (χ2n) is 1.56. The molecule has 0 saturated carbocycles. The minimum Gasteiger partial charge on any atom is -0.314 e. The zero-order valence-corrected chi connectivity index (χ0v) is 5.60. The number of nitrogens with one attached hydrogen (secondary N) is 2. The van der Waals surface area contributed by atoms with Crippen molar-refractivity contribution in [3.63, 3.8) is 0 Å². The van der Waals surface area contributed by atoms with Crippen LogP contribution in [0.4, 0.5) is 0 Å². The van der Waals surface area contributed by atoms with Gasteiger partial charge in [-0.25, -0.2) is 10.9 Å². The average molecular weight is 118 g/mol. The van der Waals surface area contributed by atoms with E-state index in [1.54, 1.807) is 19.2 Å². The summed E-state index contributed by atoms with van der Waals surface area (Å²) in [4.78, 5) is 0. The van der Waals surface area contributed by atoms with Gasteiger partial charge in [0.05, 0.1) is 6.17 Å². The first-order valence-electron chi connectivity index (χ1n) is 2.62. The van der Waals surface area contributed by atoms with Crippen molar-refractivity contribution < 1.29 is 0 Å². The molecule has 0 rings (SSSR count). The van der Waals surface area contributed by atoms with Gasteiger partial charge in [-0.1, -0.05) is 0 Å². The van der Waals surface area contributed by atoms with Crippen LogP contribution in [0.5, 0.6) is 0 Å². The quantitative estimate of drug-likeness (QED) is 0.324. The highest BCUT2D eigenvalue weighted by Crippen LogP contribution is 1.75. The Bertz CT molecular complexity index is 50.0. The van der Waals surface area contributed by atoms with Crippen molar-refractivity contribution in [2.75, 3.05) is 14.1 Å². The highest BCUT2D eigenvalue weighted by molar-refractivity contribution is 4.43. The van der Waals surface area contributed by atoms with Gasteiger partial charge in [0.1, 0.15) is 0 Å². The summed E-state index contributed by atoms with van der Waals surface area (Å²) < 4.78 is 0. The van der Waals surface area contributed by atoms with Gasteiger partial charge in [-0.05, 0) is 6.92 Å². The van der Waals surface area contributed by atoms with Crippen LogP contribution in [-0.2, 0) is 0 Å². The van der Waals surface area contributed by atoms with Gasteiger partial charge in [0.2, 0.25) is 0 Å². The Morgan fingerprint density at radius 3 is 1.75 bits per heavy atom. The molecule has 4 heteroatoms. The third-order valence-corrected chi connectivity index (χ3v) is 0.889. The third kappa shape index (κ3) is 2.23. The number of rotatable bonds is 3. The molecule has 0 fully saturated rings. The second-order valence-corrected chi connectivity index (χ2v) is 1.56. The summed E-state index contributed by atoms with van der Waals surface area (Å²) in [6.45, 7) is 1.88. The van der Waals surface area contributed by atoms with E-state index in [0.29, 0.717) is 0 Å². The van der Waals surface area contributed by atoms with Crippen LogP contribution in [-0.4, -0.2) is 25.4 Å². The molecule has 8 heavy (non-hydrogen) atoms. The van der Waals surface area contributed by atoms with Gasteiger partial charge in [-0.3, -0.25) is 0 Å². The van der Waals surface area contributed by atoms with Crippen molar-refractivity contribution in [2.24, 2.45) is 5.73 Å². The molecule has 0 aliphatic carbocycles. The van der Waals surface area contributed by atoms with Crippen LogP contribution >= 0.6 is 0 Å². The Balaban J connectivity index is 3.35. The van der Waals surface area contributed by atoms with Crippen LogP contribution in [0.1, 0.15) is 6.92 Å².